The first kappa shape index (κ1) is 25.6. The van der Waals surface area contributed by atoms with Crippen LogP contribution in [0.3, 0.4) is 0 Å². The van der Waals surface area contributed by atoms with Crippen LogP contribution >= 0.6 is 0 Å². The van der Waals surface area contributed by atoms with Crippen molar-refractivity contribution in [1.82, 2.24) is 14.9 Å². The van der Waals surface area contributed by atoms with E-state index in [1.54, 1.807) is 26.3 Å². The summed E-state index contributed by atoms with van der Waals surface area (Å²) in [5.74, 6) is 1.65. The van der Waals surface area contributed by atoms with E-state index in [4.69, 9.17) is 19.2 Å². The van der Waals surface area contributed by atoms with Crippen LogP contribution in [-0.2, 0) is 11.8 Å². The van der Waals surface area contributed by atoms with E-state index in [0.717, 1.165) is 16.9 Å². The van der Waals surface area contributed by atoms with Crippen LogP contribution in [0.15, 0.2) is 47.6 Å². The summed E-state index contributed by atoms with van der Waals surface area (Å²) in [5.41, 5.74) is 4.31. The second-order valence-corrected chi connectivity index (χ2v) is 9.08. The summed E-state index contributed by atoms with van der Waals surface area (Å²) in [7, 11) is 5.25. The first-order chi connectivity index (χ1) is 18.5. The summed E-state index contributed by atoms with van der Waals surface area (Å²) in [6.07, 6.45) is 1.65. The normalized spacial score (nSPS) is 17.8. The minimum absolute atomic E-state index is 0.0251. The summed E-state index contributed by atoms with van der Waals surface area (Å²) in [6.45, 7) is 2.71. The number of aliphatic hydroxyl groups is 1. The molecule has 0 saturated carbocycles. The predicted molar refractivity (Wildman–Crippen MR) is 143 cm³/mol. The molecule has 2 aromatic carbocycles. The quantitative estimate of drug-likeness (QED) is 0.449. The van der Waals surface area contributed by atoms with Crippen molar-refractivity contribution < 1.29 is 24.1 Å². The van der Waals surface area contributed by atoms with E-state index in [-0.39, 0.29) is 18.6 Å². The maximum atomic E-state index is 12.5. The molecule has 0 bridgehead atoms. The van der Waals surface area contributed by atoms with E-state index in [2.05, 4.69) is 20.5 Å². The van der Waals surface area contributed by atoms with Gasteiger partial charge in [0, 0.05) is 50.7 Å². The van der Waals surface area contributed by atoms with Gasteiger partial charge in [-0.3, -0.25) is 9.79 Å². The number of benzene rings is 2. The molecule has 11 nitrogen and oxygen atoms in total. The number of aryl methyl sites for hydroxylation is 1. The van der Waals surface area contributed by atoms with Crippen LogP contribution in [0.5, 0.6) is 11.5 Å². The smallest absolute Gasteiger partial charge is 0.255 e. The van der Waals surface area contributed by atoms with E-state index in [9.17, 15) is 9.90 Å². The van der Waals surface area contributed by atoms with Crippen molar-refractivity contribution in [2.24, 2.45) is 12.0 Å². The molecule has 1 aromatic heterocycles. The second-order valence-electron chi connectivity index (χ2n) is 9.08. The number of rotatable bonds is 6. The molecule has 0 radical (unpaired) electrons. The standard InChI is InChI=1S/C27H32N6O5/c1-28-26-25(30-18-5-6-22(24(13-18)36-3)33-9-11-37-19(14-33)16-34)31-21(15-32(26)2)17-4-7-23-20(12-17)27(35)29-8-10-38-23/h4-7,12-13,15,19,34H,8-11,14,16H2,1-3H3,(H,29,35)(H,30,31). The molecule has 3 heterocycles. The van der Waals surface area contributed by atoms with E-state index < -0.39 is 0 Å². The van der Waals surface area contributed by atoms with Crippen molar-refractivity contribution in [2.45, 2.75) is 6.10 Å². The lowest BCUT2D eigenvalue weighted by molar-refractivity contribution is 0.00347. The maximum absolute atomic E-state index is 12.5. The average Bonchev–Trinajstić information content (AvgIpc) is 3.13. The van der Waals surface area contributed by atoms with Crippen molar-refractivity contribution in [3.63, 3.8) is 0 Å². The molecule has 3 N–H and O–H groups in total. The Kier molecular flexibility index (Phi) is 7.47. The summed E-state index contributed by atoms with van der Waals surface area (Å²) in [6, 6.07) is 11.4. The van der Waals surface area contributed by atoms with E-state index in [1.807, 2.05) is 42.1 Å². The van der Waals surface area contributed by atoms with Gasteiger partial charge in [0.1, 0.15) is 18.1 Å². The van der Waals surface area contributed by atoms with Gasteiger partial charge in [0.05, 0.1) is 49.9 Å². The molecule has 1 saturated heterocycles. The molecule has 3 aromatic rings. The van der Waals surface area contributed by atoms with Crippen molar-refractivity contribution in [3.8, 4) is 22.8 Å². The fraction of sp³-hybridized carbons (Fsp3) is 0.370. The monoisotopic (exact) mass is 520 g/mol. The maximum Gasteiger partial charge on any atom is 0.255 e. The molecule has 0 spiro atoms. The van der Waals surface area contributed by atoms with E-state index >= 15 is 0 Å². The lowest BCUT2D eigenvalue weighted by atomic mass is 10.1. The number of nitrogens with one attached hydrogen (secondary N) is 2. The first-order valence-corrected chi connectivity index (χ1v) is 12.5. The molecule has 11 heteroatoms. The lowest BCUT2D eigenvalue weighted by Gasteiger charge is -2.34. The Morgan fingerprint density at radius 2 is 2.13 bits per heavy atom. The number of nitrogens with zero attached hydrogens (tertiary/aromatic N) is 4. The number of aliphatic hydroxyl groups excluding tert-OH is 1. The Morgan fingerprint density at radius 3 is 2.92 bits per heavy atom. The molecule has 1 unspecified atom stereocenters. The van der Waals surface area contributed by atoms with Gasteiger partial charge in [0.15, 0.2) is 11.3 Å². The third kappa shape index (κ3) is 5.15. The largest absolute Gasteiger partial charge is 0.495 e. The van der Waals surface area contributed by atoms with Gasteiger partial charge < -0.3 is 39.4 Å². The number of fused-ring (bicyclic) bond motifs is 1. The number of ether oxygens (including phenoxy) is 3. The van der Waals surface area contributed by atoms with Crippen LogP contribution in [-0.4, -0.2) is 80.3 Å². The van der Waals surface area contributed by atoms with Gasteiger partial charge in [-0.25, -0.2) is 4.98 Å². The Bertz CT molecular complexity index is 1410. The fourth-order valence-corrected chi connectivity index (χ4v) is 4.71. The van der Waals surface area contributed by atoms with Gasteiger partial charge in [0.2, 0.25) is 0 Å². The molecule has 2 aliphatic heterocycles. The highest BCUT2D eigenvalue weighted by Gasteiger charge is 2.23. The molecular weight excluding hydrogens is 488 g/mol. The van der Waals surface area contributed by atoms with Crippen LogP contribution in [0.25, 0.3) is 11.3 Å². The number of anilines is 3. The summed E-state index contributed by atoms with van der Waals surface area (Å²) < 4.78 is 18.9. The fourth-order valence-electron chi connectivity index (χ4n) is 4.71. The highest BCUT2D eigenvalue weighted by atomic mass is 16.5. The molecule has 2 aliphatic rings. The third-order valence-electron chi connectivity index (χ3n) is 6.60. The van der Waals surface area contributed by atoms with Gasteiger partial charge in [0.25, 0.3) is 5.91 Å². The molecule has 1 amide bonds. The molecular formula is C27H32N6O5. The highest BCUT2D eigenvalue weighted by molar-refractivity contribution is 5.98. The number of carbonyl (C=O) groups is 1. The number of hydrogen-bond donors (Lipinski definition) is 3. The van der Waals surface area contributed by atoms with Gasteiger partial charge in [-0.05, 0) is 30.3 Å². The third-order valence-corrected chi connectivity index (χ3v) is 6.60. The average molecular weight is 521 g/mol. The number of carbonyl (C=O) groups excluding carboxylic acids is 1. The van der Waals surface area contributed by atoms with Crippen LogP contribution in [0.4, 0.5) is 17.2 Å². The lowest BCUT2D eigenvalue weighted by Crippen LogP contribution is -2.44. The Balaban J connectivity index is 1.47. The number of methoxy groups -OCH3 is 1. The second kappa shape index (κ2) is 11.1. The Hall–Kier alpha value is -4.09. The molecule has 1 atom stereocenters. The van der Waals surface area contributed by atoms with E-state index in [1.165, 1.54) is 0 Å². The molecule has 0 aliphatic carbocycles. The number of hydrogen-bond acceptors (Lipinski definition) is 9. The van der Waals surface area contributed by atoms with Crippen molar-refractivity contribution in [3.05, 3.63) is 53.6 Å². The Morgan fingerprint density at radius 1 is 1.26 bits per heavy atom. The molecule has 1 fully saturated rings. The van der Waals surface area contributed by atoms with Gasteiger partial charge in [-0.15, -0.1) is 0 Å². The van der Waals surface area contributed by atoms with Crippen LogP contribution < -0.4 is 30.5 Å². The van der Waals surface area contributed by atoms with Crippen LogP contribution in [0, 0.1) is 0 Å². The molecule has 200 valence electrons. The minimum atomic E-state index is -0.225. The van der Waals surface area contributed by atoms with Crippen molar-refractivity contribution in [2.75, 3.05) is 63.8 Å². The van der Waals surface area contributed by atoms with Gasteiger partial charge in [-0.1, -0.05) is 0 Å². The van der Waals surface area contributed by atoms with Gasteiger partial charge in [-0.2, -0.15) is 0 Å². The van der Waals surface area contributed by atoms with Crippen molar-refractivity contribution >= 4 is 23.1 Å². The summed E-state index contributed by atoms with van der Waals surface area (Å²) in [4.78, 5) is 24.0. The zero-order valence-corrected chi connectivity index (χ0v) is 21.7. The van der Waals surface area contributed by atoms with E-state index in [0.29, 0.717) is 66.9 Å². The zero-order valence-electron chi connectivity index (χ0n) is 21.7. The number of morpholine rings is 1. The van der Waals surface area contributed by atoms with Crippen LogP contribution in [0.1, 0.15) is 10.4 Å². The van der Waals surface area contributed by atoms with Gasteiger partial charge >= 0.3 is 0 Å². The SMILES string of the molecule is CN=c1c(Nc2ccc(N3CCOC(CO)C3)c(OC)c2)nc(-c2ccc3c(c2)C(=O)NCCO3)cn1C. The summed E-state index contributed by atoms with van der Waals surface area (Å²) in [5, 5.41) is 15.7. The first-order valence-electron chi connectivity index (χ1n) is 12.5. The number of amides is 1. The van der Waals surface area contributed by atoms with Crippen molar-refractivity contribution in [1.29, 1.82) is 0 Å². The van der Waals surface area contributed by atoms with Crippen LogP contribution in [0.2, 0.25) is 0 Å². The topological polar surface area (TPSA) is 122 Å². The Labute approximate surface area is 220 Å². The highest BCUT2D eigenvalue weighted by Crippen LogP contribution is 2.33. The number of aromatic nitrogens is 2. The zero-order chi connectivity index (χ0) is 26.6. The summed E-state index contributed by atoms with van der Waals surface area (Å²) >= 11 is 0. The molecule has 5 rings (SSSR count). The predicted octanol–water partition coefficient (Wildman–Crippen LogP) is 1.69. The minimum Gasteiger partial charge on any atom is -0.495 e. The molecule has 38 heavy (non-hydrogen) atoms.